The van der Waals surface area contributed by atoms with Crippen molar-refractivity contribution in [3.63, 3.8) is 0 Å². The van der Waals surface area contributed by atoms with Crippen LogP contribution >= 0.6 is 0 Å². The van der Waals surface area contributed by atoms with Crippen LogP contribution in [0.1, 0.15) is 24.6 Å². The van der Waals surface area contributed by atoms with Crippen molar-refractivity contribution < 1.29 is 8.78 Å². The first-order valence-corrected chi connectivity index (χ1v) is 5.89. The molecule has 3 N–H and O–H groups in total. The van der Waals surface area contributed by atoms with Gasteiger partial charge in [0.25, 0.3) is 0 Å². The van der Waals surface area contributed by atoms with E-state index in [2.05, 4.69) is 9.97 Å². The Balaban J connectivity index is 1.88. The van der Waals surface area contributed by atoms with E-state index in [9.17, 15) is 8.78 Å². The average molecular weight is 249 g/mol. The normalized spacial score (nSPS) is 22.8. The van der Waals surface area contributed by atoms with Gasteiger partial charge in [0.15, 0.2) is 0 Å². The summed E-state index contributed by atoms with van der Waals surface area (Å²) in [6.45, 7) is 0. The van der Waals surface area contributed by atoms with Crippen LogP contribution in [0.15, 0.2) is 24.4 Å². The first-order chi connectivity index (χ1) is 8.63. The zero-order valence-corrected chi connectivity index (χ0v) is 9.66. The fraction of sp³-hybridized carbons (Fsp3) is 0.308. The maximum absolute atomic E-state index is 13.6. The number of nitrogens with zero attached hydrogens (tertiary/aromatic N) is 1. The number of hydrogen-bond acceptors (Lipinski definition) is 2. The van der Waals surface area contributed by atoms with E-state index in [1.54, 1.807) is 6.20 Å². The van der Waals surface area contributed by atoms with Crippen LogP contribution in [-0.4, -0.2) is 16.0 Å². The number of aromatic amines is 1. The number of hydrogen-bond donors (Lipinski definition) is 2. The zero-order chi connectivity index (χ0) is 12.7. The Labute approximate surface area is 103 Å². The summed E-state index contributed by atoms with van der Waals surface area (Å²) < 4.78 is 26.4. The number of nitrogens with one attached hydrogen (secondary N) is 1. The highest BCUT2D eigenvalue weighted by molar-refractivity contribution is 5.59. The lowest BCUT2D eigenvalue weighted by Crippen LogP contribution is -2.35. The van der Waals surface area contributed by atoms with E-state index >= 15 is 0 Å². The van der Waals surface area contributed by atoms with Crippen LogP contribution in [0.4, 0.5) is 8.78 Å². The summed E-state index contributed by atoms with van der Waals surface area (Å²) in [6.07, 6.45) is 3.38. The molecule has 3 nitrogen and oxygen atoms in total. The number of aromatic nitrogens is 2. The Morgan fingerprint density at radius 2 is 2.06 bits per heavy atom. The highest BCUT2D eigenvalue weighted by atomic mass is 19.1. The molecule has 1 aliphatic rings. The van der Waals surface area contributed by atoms with E-state index < -0.39 is 11.6 Å². The van der Waals surface area contributed by atoms with Crippen LogP contribution in [0, 0.1) is 11.6 Å². The number of imidazole rings is 1. The molecule has 0 radical (unpaired) electrons. The van der Waals surface area contributed by atoms with Crippen molar-refractivity contribution in [3.05, 3.63) is 41.9 Å². The molecule has 0 atom stereocenters. The summed E-state index contributed by atoms with van der Waals surface area (Å²) in [6, 6.07) is 3.76. The van der Waals surface area contributed by atoms with Crippen LogP contribution in [0.2, 0.25) is 0 Å². The number of nitrogens with two attached hydrogens (primary N) is 1. The molecule has 0 aliphatic heterocycles. The Morgan fingerprint density at radius 3 is 2.72 bits per heavy atom. The maximum atomic E-state index is 13.6. The molecule has 0 bridgehead atoms. The van der Waals surface area contributed by atoms with Gasteiger partial charge in [-0.25, -0.2) is 13.8 Å². The van der Waals surface area contributed by atoms with Crippen molar-refractivity contribution in [1.29, 1.82) is 0 Å². The Bertz CT molecular complexity index is 573. The van der Waals surface area contributed by atoms with Gasteiger partial charge in [0, 0.05) is 23.6 Å². The molecule has 1 heterocycles. The van der Waals surface area contributed by atoms with Crippen LogP contribution < -0.4 is 5.73 Å². The lowest BCUT2D eigenvalue weighted by Gasteiger charge is -2.30. The Hall–Kier alpha value is -1.75. The van der Waals surface area contributed by atoms with Gasteiger partial charge in [-0.1, -0.05) is 0 Å². The average Bonchev–Trinajstić information content (AvgIpc) is 2.73. The van der Waals surface area contributed by atoms with Crippen LogP contribution in [0.5, 0.6) is 0 Å². The molecule has 94 valence electrons. The van der Waals surface area contributed by atoms with Gasteiger partial charge in [-0.2, -0.15) is 0 Å². The minimum atomic E-state index is -0.587. The Morgan fingerprint density at radius 1 is 1.28 bits per heavy atom. The largest absolute Gasteiger partial charge is 0.342 e. The molecule has 18 heavy (non-hydrogen) atoms. The lowest BCUT2D eigenvalue weighted by atomic mass is 9.80. The molecule has 0 unspecified atom stereocenters. The molecule has 0 amide bonds. The predicted octanol–water partition coefficient (Wildman–Crippen LogP) is 2.56. The third kappa shape index (κ3) is 1.90. The highest BCUT2D eigenvalue weighted by Crippen LogP contribution is 2.35. The second-order valence-corrected chi connectivity index (χ2v) is 4.73. The van der Waals surface area contributed by atoms with Gasteiger partial charge in [0.05, 0.1) is 11.9 Å². The summed E-state index contributed by atoms with van der Waals surface area (Å²) >= 11 is 0. The zero-order valence-electron chi connectivity index (χ0n) is 9.66. The molecule has 1 saturated carbocycles. The standard InChI is InChI=1S/C13H13F2N3/c14-8-1-2-10(11(15)5-8)12-6-17-13(18-12)7-3-9(16)4-7/h1-2,5-7,9H,3-4,16H2,(H,17,18). The fourth-order valence-corrected chi connectivity index (χ4v) is 2.27. The smallest absolute Gasteiger partial charge is 0.135 e. The van der Waals surface area contributed by atoms with Gasteiger partial charge < -0.3 is 10.7 Å². The molecule has 0 spiro atoms. The van der Waals surface area contributed by atoms with E-state index in [0.717, 1.165) is 24.7 Å². The van der Waals surface area contributed by atoms with Crippen molar-refractivity contribution in [2.24, 2.45) is 5.73 Å². The third-order valence-electron chi connectivity index (χ3n) is 3.38. The van der Waals surface area contributed by atoms with E-state index in [4.69, 9.17) is 5.73 Å². The highest BCUT2D eigenvalue weighted by Gasteiger charge is 2.29. The summed E-state index contributed by atoms with van der Waals surface area (Å²) in [5, 5.41) is 0. The number of halogens is 2. The van der Waals surface area contributed by atoms with Gasteiger partial charge in [-0.05, 0) is 25.0 Å². The van der Waals surface area contributed by atoms with Crippen LogP contribution in [0.3, 0.4) is 0 Å². The van der Waals surface area contributed by atoms with Gasteiger partial charge >= 0.3 is 0 Å². The third-order valence-corrected chi connectivity index (χ3v) is 3.38. The Kier molecular flexibility index (Phi) is 2.63. The van der Waals surface area contributed by atoms with Gasteiger partial charge in [-0.15, -0.1) is 0 Å². The second-order valence-electron chi connectivity index (χ2n) is 4.73. The van der Waals surface area contributed by atoms with Gasteiger partial charge in [0.2, 0.25) is 0 Å². The van der Waals surface area contributed by atoms with Crippen molar-refractivity contribution in [2.75, 3.05) is 0 Å². The minimum absolute atomic E-state index is 0.242. The first-order valence-electron chi connectivity index (χ1n) is 5.89. The quantitative estimate of drug-likeness (QED) is 0.859. The lowest BCUT2D eigenvalue weighted by molar-refractivity contribution is 0.340. The van der Waals surface area contributed by atoms with Crippen molar-refractivity contribution in [3.8, 4) is 11.3 Å². The minimum Gasteiger partial charge on any atom is -0.342 e. The monoisotopic (exact) mass is 249 g/mol. The van der Waals surface area contributed by atoms with E-state index in [-0.39, 0.29) is 6.04 Å². The number of rotatable bonds is 2. The molecular formula is C13H13F2N3. The molecule has 1 aliphatic carbocycles. The molecule has 1 fully saturated rings. The van der Waals surface area contributed by atoms with Gasteiger partial charge in [0.1, 0.15) is 17.5 Å². The van der Waals surface area contributed by atoms with Crippen LogP contribution in [0.25, 0.3) is 11.3 Å². The van der Waals surface area contributed by atoms with Crippen LogP contribution in [-0.2, 0) is 0 Å². The summed E-state index contributed by atoms with van der Waals surface area (Å²) in [5.74, 6) is -0.0100. The van der Waals surface area contributed by atoms with Crippen molar-refractivity contribution in [1.82, 2.24) is 9.97 Å². The molecule has 2 aromatic rings. The van der Waals surface area contributed by atoms with Crippen molar-refractivity contribution >= 4 is 0 Å². The molecule has 3 rings (SSSR count). The van der Waals surface area contributed by atoms with Crippen molar-refractivity contribution in [2.45, 2.75) is 24.8 Å². The first kappa shape index (κ1) is 11.3. The molecule has 1 aromatic carbocycles. The summed E-state index contributed by atoms with van der Waals surface area (Å²) in [7, 11) is 0. The van der Waals surface area contributed by atoms with Gasteiger partial charge in [-0.3, -0.25) is 0 Å². The number of H-pyrrole nitrogens is 1. The topological polar surface area (TPSA) is 54.7 Å². The SMILES string of the molecule is NC1CC(c2ncc(-c3ccc(F)cc3F)[nH]2)C1. The number of benzene rings is 1. The van der Waals surface area contributed by atoms with E-state index in [0.29, 0.717) is 17.2 Å². The van der Waals surface area contributed by atoms with E-state index in [1.165, 1.54) is 12.1 Å². The maximum Gasteiger partial charge on any atom is 0.135 e. The summed E-state index contributed by atoms with van der Waals surface area (Å²) in [4.78, 5) is 7.32. The van der Waals surface area contributed by atoms with E-state index in [1.807, 2.05) is 0 Å². The second kappa shape index (κ2) is 4.17. The molecule has 1 aromatic heterocycles. The molecular weight excluding hydrogens is 236 g/mol. The predicted molar refractivity (Wildman–Crippen MR) is 63.9 cm³/mol. The fourth-order valence-electron chi connectivity index (χ4n) is 2.27. The summed E-state index contributed by atoms with van der Waals surface area (Å²) in [5.41, 5.74) is 6.63. The molecule has 0 saturated heterocycles. The molecule has 5 heteroatoms.